The molecular weight excluding hydrogens is 382 g/mol. The fourth-order valence-electron chi connectivity index (χ4n) is 3.29. The Morgan fingerprint density at radius 1 is 1.13 bits per heavy atom. The van der Waals surface area contributed by atoms with Crippen LogP contribution in [0.15, 0.2) is 30.3 Å². The van der Waals surface area contributed by atoms with Crippen molar-refractivity contribution in [1.29, 1.82) is 0 Å². The number of fused-ring (bicyclic) bond motifs is 1. The van der Waals surface area contributed by atoms with E-state index in [1.165, 1.54) is 0 Å². The van der Waals surface area contributed by atoms with Gasteiger partial charge in [-0.2, -0.15) is 5.10 Å². The van der Waals surface area contributed by atoms with Crippen molar-refractivity contribution in [2.75, 3.05) is 30.9 Å². The van der Waals surface area contributed by atoms with E-state index in [2.05, 4.69) is 15.4 Å². The average Bonchev–Trinajstić information content (AvgIpc) is 3.07. The Labute approximate surface area is 175 Å². The van der Waals surface area contributed by atoms with E-state index in [-0.39, 0.29) is 18.9 Å². The molecule has 2 aromatic heterocycles. The zero-order valence-corrected chi connectivity index (χ0v) is 18.0. The van der Waals surface area contributed by atoms with Crippen molar-refractivity contribution < 1.29 is 14.3 Å². The second-order valence-electron chi connectivity index (χ2n) is 7.47. The second-order valence-corrected chi connectivity index (χ2v) is 7.47. The van der Waals surface area contributed by atoms with Crippen LogP contribution in [-0.2, 0) is 20.7 Å². The van der Waals surface area contributed by atoms with Gasteiger partial charge in [0.25, 0.3) is 5.91 Å². The van der Waals surface area contributed by atoms with E-state index in [1.54, 1.807) is 16.6 Å². The Morgan fingerprint density at radius 2 is 1.83 bits per heavy atom. The van der Waals surface area contributed by atoms with E-state index in [9.17, 15) is 9.59 Å². The van der Waals surface area contributed by atoms with Gasteiger partial charge in [0.2, 0.25) is 0 Å². The van der Waals surface area contributed by atoms with E-state index in [4.69, 9.17) is 4.74 Å². The van der Waals surface area contributed by atoms with Crippen LogP contribution >= 0.6 is 0 Å². The fourth-order valence-corrected chi connectivity index (χ4v) is 3.29. The number of carbonyl (C=O) groups is 2. The number of aromatic nitrogens is 3. The van der Waals surface area contributed by atoms with Gasteiger partial charge in [0, 0.05) is 49.3 Å². The summed E-state index contributed by atoms with van der Waals surface area (Å²) < 4.78 is 6.92. The minimum absolute atomic E-state index is 0.167. The maximum atomic E-state index is 12.1. The van der Waals surface area contributed by atoms with E-state index >= 15 is 0 Å². The highest BCUT2D eigenvalue weighted by atomic mass is 16.5. The first kappa shape index (κ1) is 21.3. The molecule has 0 unspecified atom stereocenters. The molecule has 0 bridgehead atoms. The number of amides is 1. The molecule has 0 aliphatic rings. The van der Waals surface area contributed by atoms with Crippen molar-refractivity contribution >= 4 is 28.9 Å². The van der Waals surface area contributed by atoms with Crippen molar-refractivity contribution in [3.8, 4) is 0 Å². The minimum Gasteiger partial charge on any atom is -0.456 e. The van der Waals surface area contributed by atoms with Gasteiger partial charge in [-0.1, -0.05) is 0 Å². The number of carbonyl (C=O) groups excluding carboxylic acids is 2. The maximum Gasteiger partial charge on any atom is 0.306 e. The molecule has 0 atom stereocenters. The number of esters is 1. The number of hydrogen-bond donors (Lipinski definition) is 1. The van der Waals surface area contributed by atoms with Crippen molar-refractivity contribution in [2.45, 2.75) is 33.6 Å². The number of nitrogens with zero attached hydrogens (tertiary/aromatic N) is 4. The van der Waals surface area contributed by atoms with Gasteiger partial charge in [-0.25, -0.2) is 9.50 Å². The zero-order chi connectivity index (χ0) is 21.8. The molecule has 2 heterocycles. The lowest BCUT2D eigenvalue weighted by molar-refractivity contribution is -0.147. The summed E-state index contributed by atoms with van der Waals surface area (Å²) in [7, 11) is 3.89. The van der Waals surface area contributed by atoms with Crippen LogP contribution in [0, 0.1) is 20.8 Å². The largest absolute Gasteiger partial charge is 0.456 e. The third-order valence-electron chi connectivity index (χ3n) is 4.90. The first-order valence-electron chi connectivity index (χ1n) is 9.80. The van der Waals surface area contributed by atoms with Crippen LogP contribution in [0.4, 0.5) is 11.4 Å². The number of benzene rings is 1. The topological polar surface area (TPSA) is 88.8 Å². The van der Waals surface area contributed by atoms with E-state index in [1.807, 2.05) is 58.0 Å². The smallest absolute Gasteiger partial charge is 0.306 e. The van der Waals surface area contributed by atoms with Crippen LogP contribution in [0.2, 0.25) is 0 Å². The molecule has 158 valence electrons. The highest BCUT2D eigenvalue weighted by molar-refractivity contribution is 5.92. The molecule has 30 heavy (non-hydrogen) atoms. The van der Waals surface area contributed by atoms with Gasteiger partial charge in [-0.3, -0.25) is 9.59 Å². The molecule has 0 aliphatic carbocycles. The first-order chi connectivity index (χ1) is 14.2. The molecule has 0 fully saturated rings. The van der Waals surface area contributed by atoms with Gasteiger partial charge in [0.05, 0.1) is 5.69 Å². The third kappa shape index (κ3) is 4.94. The second kappa shape index (κ2) is 8.94. The molecule has 3 aromatic rings. The summed E-state index contributed by atoms with van der Waals surface area (Å²) in [6, 6.07) is 9.34. The summed E-state index contributed by atoms with van der Waals surface area (Å²) >= 11 is 0. The predicted molar refractivity (Wildman–Crippen MR) is 116 cm³/mol. The Kier molecular flexibility index (Phi) is 6.34. The normalized spacial score (nSPS) is 10.8. The molecule has 0 radical (unpaired) electrons. The lowest BCUT2D eigenvalue weighted by Crippen LogP contribution is -2.21. The Bertz CT molecular complexity index is 1070. The van der Waals surface area contributed by atoms with Gasteiger partial charge < -0.3 is 15.0 Å². The number of nitrogens with one attached hydrogen (secondary N) is 1. The Morgan fingerprint density at radius 3 is 2.50 bits per heavy atom. The van der Waals surface area contributed by atoms with Crippen molar-refractivity contribution in [2.24, 2.45) is 0 Å². The summed E-state index contributed by atoms with van der Waals surface area (Å²) in [6.07, 6.45) is 0.645. The van der Waals surface area contributed by atoms with Crippen LogP contribution in [0.25, 0.3) is 5.65 Å². The van der Waals surface area contributed by atoms with Gasteiger partial charge in [-0.05, 0) is 57.0 Å². The summed E-state index contributed by atoms with van der Waals surface area (Å²) in [4.78, 5) is 30.7. The zero-order valence-electron chi connectivity index (χ0n) is 18.0. The third-order valence-corrected chi connectivity index (χ3v) is 4.90. The maximum absolute atomic E-state index is 12.1. The van der Waals surface area contributed by atoms with Crippen LogP contribution in [0.3, 0.4) is 0 Å². The number of rotatable bonds is 7. The van der Waals surface area contributed by atoms with Crippen LogP contribution < -0.4 is 10.2 Å². The molecule has 8 heteroatoms. The van der Waals surface area contributed by atoms with Gasteiger partial charge in [-0.15, -0.1) is 0 Å². The minimum atomic E-state index is -0.427. The monoisotopic (exact) mass is 409 g/mol. The predicted octanol–water partition coefficient (Wildman–Crippen LogP) is 2.84. The van der Waals surface area contributed by atoms with Crippen molar-refractivity contribution in [1.82, 2.24) is 14.6 Å². The van der Waals surface area contributed by atoms with Crippen LogP contribution in [0.5, 0.6) is 0 Å². The van der Waals surface area contributed by atoms with Crippen molar-refractivity contribution in [3.63, 3.8) is 0 Å². The Balaban J connectivity index is 1.51. The van der Waals surface area contributed by atoms with Crippen LogP contribution in [0.1, 0.15) is 29.1 Å². The summed E-state index contributed by atoms with van der Waals surface area (Å²) in [5.74, 6) is -0.799. The standard InChI is InChI=1S/C22H27N5O3/c1-14-12-20-23-15(2)19(16(3)27(20)25-14)10-11-22(29)30-13-21(28)24-17-6-8-18(9-7-17)26(4)5/h6-9,12H,10-11,13H2,1-5H3,(H,24,28). The van der Waals surface area contributed by atoms with E-state index in [0.717, 1.165) is 34.0 Å². The highest BCUT2D eigenvalue weighted by Crippen LogP contribution is 2.18. The highest BCUT2D eigenvalue weighted by Gasteiger charge is 2.14. The fraction of sp³-hybridized carbons (Fsp3) is 0.364. The molecule has 3 rings (SSSR count). The van der Waals surface area contributed by atoms with Crippen LogP contribution in [-0.4, -0.2) is 47.2 Å². The molecule has 0 aliphatic heterocycles. The molecule has 0 spiro atoms. The molecule has 1 N–H and O–H groups in total. The lowest BCUT2D eigenvalue weighted by atomic mass is 10.1. The summed E-state index contributed by atoms with van der Waals surface area (Å²) in [6.45, 7) is 5.48. The molecule has 1 aromatic carbocycles. The number of ether oxygens (including phenoxy) is 1. The van der Waals surface area contributed by atoms with Gasteiger partial charge in [0.1, 0.15) is 0 Å². The average molecular weight is 409 g/mol. The molecular formula is C22H27N5O3. The lowest BCUT2D eigenvalue weighted by Gasteiger charge is -2.13. The summed E-state index contributed by atoms with van der Waals surface area (Å²) in [5.41, 5.74) is 6.16. The SMILES string of the molecule is Cc1cc2nc(C)c(CCC(=O)OCC(=O)Nc3ccc(N(C)C)cc3)c(C)n2n1. The van der Waals surface area contributed by atoms with Gasteiger partial charge in [0.15, 0.2) is 12.3 Å². The number of hydrogen-bond acceptors (Lipinski definition) is 6. The van der Waals surface area contributed by atoms with Gasteiger partial charge >= 0.3 is 5.97 Å². The molecule has 0 saturated heterocycles. The quantitative estimate of drug-likeness (QED) is 0.604. The van der Waals surface area contributed by atoms with E-state index in [0.29, 0.717) is 12.1 Å². The molecule has 0 saturated carbocycles. The number of aryl methyl sites for hydroxylation is 3. The molecule has 1 amide bonds. The number of anilines is 2. The Hall–Kier alpha value is -3.42. The van der Waals surface area contributed by atoms with Crippen molar-refractivity contribution in [3.05, 3.63) is 53.0 Å². The summed E-state index contributed by atoms with van der Waals surface area (Å²) in [5, 5.41) is 7.16. The molecule has 8 nitrogen and oxygen atoms in total. The first-order valence-corrected chi connectivity index (χ1v) is 9.80. The van der Waals surface area contributed by atoms with E-state index < -0.39 is 5.97 Å².